The van der Waals surface area contributed by atoms with E-state index in [0.717, 1.165) is 0 Å². The molecule has 6 heteroatoms. The van der Waals surface area contributed by atoms with Gasteiger partial charge in [0.15, 0.2) is 0 Å². The van der Waals surface area contributed by atoms with Crippen molar-refractivity contribution in [2.24, 2.45) is 5.73 Å². The van der Waals surface area contributed by atoms with E-state index in [2.05, 4.69) is 31.1 Å². The van der Waals surface area contributed by atoms with Crippen LogP contribution in [0, 0.1) is 0 Å². The first-order chi connectivity index (χ1) is 5.18. The zero-order valence-corrected chi connectivity index (χ0v) is 7.26. The second kappa shape index (κ2) is 3.47. The molecule has 0 aliphatic carbocycles. The summed E-state index contributed by atoms with van der Waals surface area (Å²) in [6, 6.07) is 0. The van der Waals surface area contributed by atoms with Gasteiger partial charge in [-0.3, -0.25) is 9.89 Å². The Morgan fingerprint density at radius 3 is 2.91 bits per heavy atom. The number of aromatic amines is 1. The summed E-state index contributed by atoms with van der Waals surface area (Å²) in [4.78, 5) is 14.3. The van der Waals surface area contributed by atoms with Crippen LogP contribution in [0.25, 0.3) is 0 Å². The van der Waals surface area contributed by atoms with Gasteiger partial charge in [-0.05, 0) is 15.9 Å². The number of H-pyrrole nitrogens is 1. The average molecular weight is 219 g/mol. The quantitative estimate of drug-likeness (QED) is 0.749. The molecule has 1 aromatic rings. The van der Waals surface area contributed by atoms with E-state index in [1.165, 1.54) is 0 Å². The van der Waals surface area contributed by atoms with Gasteiger partial charge in [0.2, 0.25) is 10.6 Å². The second-order valence-electron chi connectivity index (χ2n) is 2.02. The van der Waals surface area contributed by atoms with Crippen LogP contribution in [0.15, 0.2) is 4.73 Å². The van der Waals surface area contributed by atoms with Crippen molar-refractivity contribution in [3.05, 3.63) is 10.6 Å². The van der Waals surface area contributed by atoms with E-state index in [0.29, 0.717) is 23.4 Å². The van der Waals surface area contributed by atoms with Crippen LogP contribution in [0.5, 0.6) is 0 Å². The molecule has 0 bridgehead atoms. The van der Waals surface area contributed by atoms with Crippen molar-refractivity contribution < 1.29 is 4.79 Å². The number of hydrogen-bond acceptors (Lipinski definition) is 3. The molecule has 0 atom stereocenters. The Morgan fingerprint density at radius 1 is 1.73 bits per heavy atom. The molecular formula is C5H7BrN4O. The van der Waals surface area contributed by atoms with Crippen LogP contribution in [0.4, 0.5) is 0 Å². The Hall–Kier alpha value is -0.910. The molecule has 11 heavy (non-hydrogen) atoms. The standard InChI is InChI=1S/C5H7BrN4O/c6-5-8-4(9-10-5)2-1-3(7)11/h1-2H2,(H2,7,11)(H,8,9,10). The van der Waals surface area contributed by atoms with Gasteiger partial charge in [0.25, 0.3) is 0 Å². The van der Waals surface area contributed by atoms with Gasteiger partial charge < -0.3 is 5.73 Å². The normalized spacial score (nSPS) is 9.91. The maximum absolute atomic E-state index is 10.3. The number of carbonyl (C=O) groups is 1. The molecule has 0 saturated carbocycles. The first-order valence-corrected chi connectivity index (χ1v) is 3.83. The molecule has 60 valence electrons. The summed E-state index contributed by atoms with van der Waals surface area (Å²) in [5, 5.41) is 6.37. The fraction of sp³-hybridized carbons (Fsp3) is 0.400. The molecular weight excluding hydrogens is 212 g/mol. The summed E-state index contributed by atoms with van der Waals surface area (Å²) in [7, 11) is 0. The minimum absolute atomic E-state index is 0.293. The van der Waals surface area contributed by atoms with Gasteiger partial charge in [0.05, 0.1) is 0 Å². The van der Waals surface area contributed by atoms with Crippen molar-refractivity contribution in [1.82, 2.24) is 15.2 Å². The Balaban J connectivity index is 2.45. The van der Waals surface area contributed by atoms with Crippen LogP contribution in [-0.4, -0.2) is 21.1 Å². The number of nitrogens with one attached hydrogen (secondary N) is 1. The molecule has 5 nitrogen and oxygen atoms in total. The predicted molar refractivity (Wildman–Crippen MR) is 41.6 cm³/mol. The molecule has 0 aliphatic heterocycles. The summed E-state index contributed by atoms with van der Waals surface area (Å²) in [6.45, 7) is 0. The van der Waals surface area contributed by atoms with E-state index in [1.54, 1.807) is 0 Å². The minimum atomic E-state index is -0.336. The first-order valence-electron chi connectivity index (χ1n) is 3.03. The zero-order valence-electron chi connectivity index (χ0n) is 5.67. The van der Waals surface area contributed by atoms with Crippen LogP contribution in [0.3, 0.4) is 0 Å². The Bertz CT molecular complexity index is 259. The van der Waals surface area contributed by atoms with Gasteiger partial charge in [-0.1, -0.05) is 0 Å². The van der Waals surface area contributed by atoms with Crippen LogP contribution in [0.2, 0.25) is 0 Å². The lowest BCUT2D eigenvalue weighted by atomic mass is 10.3. The number of primary amides is 1. The molecule has 3 N–H and O–H groups in total. The van der Waals surface area contributed by atoms with Crippen LogP contribution in [0.1, 0.15) is 12.2 Å². The molecule has 0 aromatic carbocycles. The second-order valence-corrected chi connectivity index (χ2v) is 2.73. The highest BCUT2D eigenvalue weighted by atomic mass is 79.9. The maximum atomic E-state index is 10.3. The van der Waals surface area contributed by atoms with Gasteiger partial charge >= 0.3 is 0 Å². The third-order valence-electron chi connectivity index (χ3n) is 1.11. The topological polar surface area (TPSA) is 84.7 Å². The predicted octanol–water partition coefficient (Wildman–Crippen LogP) is -0.0149. The van der Waals surface area contributed by atoms with Gasteiger partial charge in [-0.25, -0.2) is 4.98 Å². The molecule has 0 unspecified atom stereocenters. The van der Waals surface area contributed by atoms with E-state index in [1.807, 2.05) is 0 Å². The van der Waals surface area contributed by atoms with Crippen molar-refractivity contribution in [2.75, 3.05) is 0 Å². The van der Waals surface area contributed by atoms with Crippen molar-refractivity contribution in [2.45, 2.75) is 12.8 Å². The SMILES string of the molecule is NC(=O)CCc1nc(Br)n[nH]1. The fourth-order valence-corrected chi connectivity index (χ4v) is 0.928. The highest BCUT2D eigenvalue weighted by molar-refractivity contribution is 9.10. The number of hydrogen-bond donors (Lipinski definition) is 2. The van der Waals surface area contributed by atoms with Gasteiger partial charge in [-0.2, -0.15) is 0 Å². The van der Waals surface area contributed by atoms with Crippen molar-refractivity contribution in [3.63, 3.8) is 0 Å². The maximum Gasteiger partial charge on any atom is 0.217 e. The van der Waals surface area contributed by atoms with E-state index < -0.39 is 0 Å². The lowest BCUT2D eigenvalue weighted by Gasteiger charge is -1.89. The van der Waals surface area contributed by atoms with Crippen LogP contribution >= 0.6 is 15.9 Å². The zero-order chi connectivity index (χ0) is 8.27. The first kappa shape index (κ1) is 8.19. The van der Waals surface area contributed by atoms with Gasteiger partial charge in [-0.15, -0.1) is 5.10 Å². The summed E-state index contributed by atoms with van der Waals surface area (Å²) in [5.41, 5.74) is 4.93. The number of amides is 1. The number of halogens is 1. The smallest absolute Gasteiger partial charge is 0.217 e. The number of carbonyl (C=O) groups excluding carboxylic acids is 1. The third-order valence-corrected chi connectivity index (χ3v) is 1.47. The number of nitrogens with two attached hydrogens (primary N) is 1. The van der Waals surface area contributed by atoms with Crippen molar-refractivity contribution in [1.29, 1.82) is 0 Å². The van der Waals surface area contributed by atoms with E-state index in [-0.39, 0.29) is 5.91 Å². The molecule has 1 rings (SSSR count). The summed E-state index contributed by atoms with van der Waals surface area (Å²) < 4.78 is 0.497. The lowest BCUT2D eigenvalue weighted by Crippen LogP contribution is -2.11. The van der Waals surface area contributed by atoms with Crippen molar-refractivity contribution in [3.8, 4) is 0 Å². The average Bonchev–Trinajstić information content (AvgIpc) is 2.31. The lowest BCUT2D eigenvalue weighted by molar-refractivity contribution is -0.118. The molecule has 1 heterocycles. The Morgan fingerprint density at radius 2 is 2.45 bits per heavy atom. The molecule has 0 saturated heterocycles. The monoisotopic (exact) mass is 218 g/mol. The molecule has 0 spiro atoms. The number of aromatic nitrogens is 3. The molecule has 1 amide bonds. The van der Waals surface area contributed by atoms with E-state index in [9.17, 15) is 4.79 Å². The number of nitrogens with zero attached hydrogens (tertiary/aromatic N) is 2. The number of rotatable bonds is 3. The summed E-state index contributed by atoms with van der Waals surface area (Å²) in [5.74, 6) is 0.327. The fourth-order valence-electron chi connectivity index (χ4n) is 0.625. The van der Waals surface area contributed by atoms with Gasteiger partial charge in [0.1, 0.15) is 5.82 Å². The van der Waals surface area contributed by atoms with Gasteiger partial charge in [0, 0.05) is 12.8 Å². The Kier molecular flexibility index (Phi) is 2.58. The van der Waals surface area contributed by atoms with Crippen LogP contribution < -0.4 is 5.73 Å². The largest absolute Gasteiger partial charge is 0.370 e. The molecule has 0 aliphatic rings. The summed E-state index contributed by atoms with van der Waals surface area (Å²) >= 11 is 3.07. The van der Waals surface area contributed by atoms with Crippen LogP contribution in [-0.2, 0) is 11.2 Å². The third kappa shape index (κ3) is 2.67. The molecule has 0 fully saturated rings. The molecule has 1 aromatic heterocycles. The molecule has 0 radical (unpaired) electrons. The number of aryl methyl sites for hydroxylation is 1. The highest BCUT2D eigenvalue weighted by Gasteiger charge is 2.01. The summed E-state index contributed by atoms with van der Waals surface area (Å²) in [6.07, 6.45) is 0.801. The van der Waals surface area contributed by atoms with Crippen molar-refractivity contribution >= 4 is 21.8 Å². The van der Waals surface area contributed by atoms with E-state index in [4.69, 9.17) is 5.73 Å². The minimum Gasteiger partial charge on any atom is -0.370 e. The Labute approximate surface area is 71.5 Å². The highest BCUT2D eigenvalue weighted by Crippen LogP contribution is 2.01. The van der Waals surface area contributed by atoms with E-state index >= 15 is 0 Å².